The third-order valence-corrected chi connectivity index (χ3v) is 3.50. The number of rotatable bonds is 3. The van der Waals surface area contributed by atoms with Gasteiger partial charge >= 0.3 is 0 Å². The van der Waals surface area contributed by atoms with Gasteiger partial charge in [0.1, 0.15) is 0 Å². The fourth-order valence-corrected chi connectivity index (χ4v) is 2.07. The smallest absolute Gasteiger partial charge is 0.251 e. The Bertz CT molecular complexity index is 526. The molecule has 1 fully saturated rings. The van der Waals surface area contributed by atoms with Crippen LogP contribution in [0, 0.1) is 6.92 Å². The molecule has 0 radical (unpaired) electrons. The molecule has 1 saturated heterocycles. The van der Waals surface area contributed by atoms with E-state index in [0.29, 0.717) is 0 Å². The maximum absolute atomic E-state index is 12.1. The van der Waals surface area contributed by atoms with Crippen molar-refractivity contribution in [3.8, 4) is 0 Å². The third kappa shape index (κ3) is 2.96. The average molecular weight is 259 g/mol. The molecule has 1 aliphatic rings. The first-order chi connectivity index (χ1) is 8.99. The Labute approximate surface area is 114 Å². The lowest BCUT2D eigenvalue weighted by atomic mass is 10.0. The van der Waals surface area contributed by atoms with Crippen molar-refractivity contribution in [3.05, 3.63) is 34.9 Å². The second-order valence-electron chi connectivity index (χ2n) is 5.18. The molecule has 1 aliphatic heterocycles. The lowest BCUT2D eigenvalue weighted by Crippen LogP contribution is -2.36. The van der Waals surface area contributed by atoms with Gasteiger partial charge in [0.25, 0.3) is 5.91 Å². The first kappa shape index (κ1) is 13.6. The van der Waals surface area contributed by atoms with E-state index in [2.05, 4.69) is 17.6 Å². The molecule has 0 atom stereocenters. The second kappa shape index (κ2) is 5.45. The number of hydrogen-bond donors (Lipinski definition) is 2. The van der Waals surface area contributed by atoms with Crippen molar-refractivity contribution in [1.29, 1.82) is 0 Å². The van der Waals surface area contributed by atoms with E-state index in [-0.39, 0.29) is 5.91 Å². The summed E-state index contributed by atoms with van der Waals surface area (Å²) in [5.74, 6) is -0.00920. The monoisotopic (exact) mass is 259 g/mol. The Morgan fingerprint density at radius 2 is 2.00 bits per heavy atom. The van der Waals surface area contributed by atoms with Gasteiger partial charge in [0.05, 0.1) is 0 Å². The highest BCUT2D eigenvalue weighted by Gasteiger charge is 2.16. The minimum atomic E-state index is -0.00920. The number of hydrogen-bond acceptors (Lipinski definition) is 3. The number of nitrogens with zero attached hydrogens (tertiary/aromatic N) is 1. The largest absolute Gasteiger partial charge is 0.377 e. The van der Waals surface area contributed by atoms with E-state index in [1.807, 2.05) is 44.1 Å². The van der Waals surface area contributed by atoms with Crippen LogP contribution in [0.15, 0.2) is 29.3 Å². The van der Waals surface area contributed by atoms with Crippen molar-refractivity contribution in [3.63, 3.8) is 0 Å². The first-order valence-corrected chi connectivity index (χ1v) is 6.47. The van der Waals surface area contributed by atoms with Crippen LogP contribution >= 0.6 is 0 Å². The lowest BCUT2D eigenvalue weighted by molar-refractivity contribution is -0.112. The van der Waals surface area contributed by atoms with Crippen molar-refractivity contribution < 1.29 is 4.79 Å². The quantitative estimate of drug-likeness (QED) is 0.815. The van der Waals surface area contributed by atoms with Gasteiger partial charge in [0, 0.05) is 44.1 Å². The molecule has 0 bridgehead atoms. The van der Waals surface area contributed by atoms with Crippen LogP contribution in [0.1, 0.15) is 12.5 Å². The minimum Gasteiger partial charge on any atom is -0.377 e. The van der Waals surface area contributed by atoms with Crippen molar-refractivity contribution in [2.45, 2.75) is 13.8 Å². The number of anilines is 2. The Hall–Kier alpha value is -1.81. The molecule has 102 valence electrons. The SMILES string of the molecule is CC(C(=O)Nc1ccc(C)c(N(C)C)c1)=C1CNC1. The zero-order valence-corrected chi connectivity index (χ0v) is 12.0. The molecular formula is C15H21N3O. The van der Waals surface area contributed by atoms with Crippen LogP contribution in [0.2, 0.25) is 0 Å². The minimum absolute atomic E-state index is 0.00920. The van der Waals surface area contributed by atoms with Crippen LogP contribution < -0.4 is 15.5 Å². The van der Waals surface area contributed by atoms with E-state index in [9.17, 15) is 4.79 Å². The van der Waals surface area contributed by atoms with E-state index >= 15 is 0 Å². The van der Waals surface area contributed by atoms with Gasteiger partial charge in [-0.15, -0.1) is 0 Å². The topological polar surface area (TPSA) is 44.4 Å². The van der Waals surface area contributed by atoms with Crippen molar-refractivity contribution in [2.24, 2.45) is 0 Å². The molecule has 0 unspecified atom stereocenters. The molecule has 0 aromatic heterocycles. The van der Waals surface area contributed by atoms with E-state index in [1.165, 1.54) is 11.1 Å². The zero-order valence-electron chi connectivity index (χ0n) is 12.0. The average Bonchev–Trinajstić information content (AvgIpc) is 2.28. The summed E-state index contributed by atoms with van der Waals surface area (Å²) in [7, 11) is 4.00. The van der Waals surface area contributed by atoms with Crippen molar-refractivity contribution in [2.75, 3.05) is 37.4 Å². The zero-order chi connectivity index (χ0) is 14.0. The highest BCUT2D eigenvalue weighted by molar-refractivity contribution is 6.04. The van der Waals surface area contributed by atoms with Crippen LogP contribution in [0.5, 0.6) is 0 Å². The summed E-state index contributed by atoms with van der Waals surface area (Å²) in [4.78, 5) is 14.2. The lowest BCUT2D eigenvalue weighted by Gasteiger charge is -2.22. The van der Waals surface area contributed by atoms with E-state index in [1.54, 1.807) is 0 Å². The Morgan fingerprint density at radius 1 is 1.32 bits per heavy atom. The van der Waals surface area contributed by atoms with Crippen LogP contribution in [-0.2, 0) is 4.79 Å². The van der Waals surface area contributed by atoms with Gasteiger partial charge in [-0.1, -0.05) is 6.07 Å². The summed E-state index contributed by atoms with van der Waals surface area (Å²) in [6, 6.07) is 5.97. The predicted octanol–water partition coefficient (Wildman–Crippen LogP) is 1.92. The highest BCUT2D eigenvalue weighted by atomic mass is 16.1. The fourth-order valence-electron chi connectivity index (χ4n) is 2.07. The molecular weight excluding hydrogens is 238 g/mol. The summed E-state index contributed by atoms with van der Waals surface area (Å²) in [6.07, 6.45) is 0. The molecule has 4 heteroatoms. The summed E-state index contributed by atoms with van der Waals surface area (Å²) >= 11 is 0. The summed E-state index contributed by atoms with van der Waals surface area (Å²) < 4.78 is 0. The maximum atomic E-state index is 12.1. The van der Waals surface area contributed by atoms with E-state index < -0.39 is 0 Å². The summed E-state index contributed by atoms with van der Waals surface area (Å²) in [5, 5.41) is 6.11. The van der Waals surface area contributed by atoms with Gasteiger partial charge in [0.15, 0.2) is 0 Å². The van der Waals surface area contributed by atoms with Gasteiger partial charge in [-0.25, -0.2) is 0 Å². The Kier molecular flexibility index (Phi) is 3.90. The summed E-state index contributed by atoms with van der Waals surface area (Å²) in [5.41, 5.74) is 5.17. The Balaban J connectivity index is 2.15. The molecule has 1 aromatic rings. The van der Waals surface area contributed by atoms with Gasteiger partial charge < -0.3 is 15.5 Å². The first-order valence-electron chi connectivity index (χ1n) is 6.47. The predicted molar refractivity (Wildman–Crippen MR) is 79.7 cm³/mol. The van der Waals surface area contributed by atoms with Crippen molar-refractivity contribution >= 4 is 17.3 Å². The highest BCUT2D eigenvalue weighted by Crippen LogP contribution is 2.23. The number of amides is 1. The number of carbonyl (C=O) groups excluding carboxylic acids is 1. The molecule has 1 amide bonds. The van der Waals surface area contributed by atoms with Crippen molar-refractivity contribution in [1.82, 2.24) is 5.32 Å². The van der Waals surface area contributed by atoms with Gasteiger partial charge in [-0.05, 0) is 37.1 Å². The summed E-state index contributed by atoms with van der Waals surface area (Å²) in [6.45, 7) is 5.60. The van der Waals surface area contributed by atoms with E-state index in [4.69, 9.17) is 0 Å². The second-order valence-corrected chi connectivity index (χ2v) is 5.18. The Morgan fingerprint density at radius 3 is 2.53 bits per heavy atom. The molecule has 4 nitrogen and oxygen atoms in total. The molecule has 2 rings (SSSR count). The number of aryl methyl sites for hydroxylation is 1. The molecule has 0 aliphatic carbocycles. The molecule has 0 saturated carbocycles. The number of nitrogens with one attached hydrogen (secondary N) is 2. The van der Waals surface area contributed by atoms with Crippen LogP contribution in [0.25, 0.3) is 0 Å². The normalized spacial score (nSPS) is 13.8. The van der Waals surface area contributed by atoms with Crippen LogP contribution in [-0.4, -0.2) is 33.1 Å². The van der Waals surface area contributed by atoms with Gasteiger partial charge in [-0.3, -0.25) is 4.79 Å². The molecule has 0 spiro atoms. The molecule has 1 aromatic carbocycles. The molecule has 1 heterocycles. The maximum Gasteiger partial charge on any atom is 0.251 e. The van der Waals surface area contributed by atoms with Crippen LogP contribution in [0.4, 0.5) is 11.4 Å². The van der Waals surface area contributed by atoms with Crippen LogP contribution in [0.3, 0.4) is 0 Å². The number of benzene rings is 1. The van der Waals surface area contributed by atoms with Gasteiger partial charge in [0.2, 0.25) is 0 Å². The molecule has 2 N–H and O–H groups in total. The van der Waals surface area contributed by atoms with Gasteiger partial charge in [-0.2, -0.15) is 0 Å². The fraction of sp³-hybridized carbons (Fsp3) is 0.400. The van der Waals surface area contributed by atoms with E-state index in [0.717, 1.165) is 30.0 Å². The third-order valence-electron chi connectivity index (χ3n) is 3.50. The number of carbonyl (C=O) groups is 1. The molecule has 19 heavy (non-hydrogen) atoms. The standard InChI is InChI=1S/C15H21N3O/c1-10-5-6-13(7-14(10)18(3)4)17-15(19)11(2)12-8-16-9-12/h5-7,16H,8-9H2,1-4H3,(H,17,19).